The van der Waals surface area contributed by atoms with Crippen LogP contribution in [0.25, 0.3) is 6.08 Å². The topological polar surface area (TPSA) is 47.6 Å². The Balaban J connectivity index is 1.80. The normalized spacial score (nSPS) is 15.5. The number of nitrogens with one attached hydrogen (secondary N) is 1. The number of fused-ring (bicyclic) bond motifs is 1. The molecule has 142 valence electrons. The van der Waals surface area contributed by atoms with E-state index < -0.39 is 29.0 Å². The molecule has 0 aromatic heterocycles. The highest BCUT2D eigenvalue weighted by Gasteiger charge is 2.21. The average Bonchev–Trinajstić information content (AvgIpc) is 2.99. The molecular weight excluding hydrogens is 359 g/mol. The van der Waals surface area contributed by atoms with Crippen molar-refractivity contribution < 1.29 is 27.4 Å². The zero-order valence-corrected chi connectivity index (χ0v) is 14.8. The number of anilines is 1. The van der Waals surface area contributed by atoms with Crippen molar-refractivity contribution in [2.45, 2.75) is 26.4 Å². The van der Waals surface area contributed by atoms with Crippen LogP contribution in [0, 0.1) is 17.5 Å². The minimum Gasteiger partial charge on any atom is -0.493 e. The van der Waals surface area contributed by atoms with E-state index in [1.807, 2.05) is 19.9 Å². The van der Waals surface area contributed by atoms with E-state index in [4.69, 9.17) is 9.47 Å². The molecular formula is C20H18F3NO3. The first-order chi connectivity index (χ1) is 12.9. The number of carbonyl (C=O) groups excluding carboxylic acids is 1. The first kappa shape index (κ1) is 18.8. The van der Waals surface area contributed by atoms with Gasteiger partial charge in [-0.3, -0.25) is 4.79 Å². The van der Waals surface area contributed by atoms with Gasteiger partial charge in [-0.25, -0.2) is 13.2 Å². The van der Waals surface area contributed by atoms with Crippen molar-refractivity contribution in [2.24, 2.45) is 0 Å². The third-order valence-electron chi connectivity index (χ3n) is 4.04. The first-order valence-electron chi connectivity index (χ1n) is 8.48. The largest absolute Gasteiger partial charge is 0.493 e. The van der Waals surface area contributed by atoms with Crippen molar-refractivity contribution in [1.82, 2.24) is 0 Å². The molecule has 0 bridgehead atoms. The molecule has 1 aliphatic rings. The molecule has 3 rings (SSSR count). The number of halogens is 3. The van der Waals surface area contributed by atoms with Gasteiger partial charge in [-0.1, -0.05) is 0 Å². The zero-order chi connectivity index (χ0) is 19.6. The Morgan fingerprint density at radius 1 is 1.30 bits per heavy atom. The Kier molecular flexibility index (Phi) is 5.39. The number of ether oxygens (including phenoxy) is 2. The molecule has 1 aliphatic heterocycles. The summed E-state index contributed by atoms with van der Waals surface area (Å²) in [5.74, 6) is -3.80. The van der Waals surface area contributed by atoms with Crippen LogP contribution in [0.3, 0.4) is 0 Å². The Bertz CT molecular complexity index is 912. The van der Waals surface area contributed by atoms with Gasteiger partial charge < -0.3 is 14.8 Å². The fourth-order valence-corrected chi connectivity index (χ4v) is 2.83. The molecule has 27 heavy (non-hydrogen) atoms. The van der Waals surface area contributed by atoms with Crippen molar-refractivity contribution in [1.29, 1.82) is 0 Å². The van der Waals surface area contributed by atoms with Crippen molar-refractivity contribution >= 4 is 17.7 Å². The first-order valence-corrected chi connectivity index (χ1v) is 8.48. The molecule has 0 spiro atoms. The van der Waals surface area contributed by atoms with Crippen LogP contribution >= 0.6 is 0 Å². The van der Waals surface area contributed by atoms with Gasteiger partial charge in [-0.05, 0) is 44.2 Å². The molecule has 1 atom stereocenters. The highest BCUT2D eigenvalue weighted by atomic mass is 19.2. The van der Waals surface area contributed by atoms with E-state index in [0.29, 0.717) is 17.9 Å². The Labute approximate surface area is 154 Å². The Hall–Kier alpha value is -2.96. The van der Waals surface area contributed by atoms with Crippen LogP contribution < -0.4 is 14.8 Å². The second-order valence-electron chi connectivity index (χ2n) is 6.11. The van der Waals surface area contributed by atoms with Gasteiger partial charge in [0.15, 0.2) is 17.5 Å². The van der Waals surface area contributed by atoms with Gasteiger partial charge in [0.25, 0.3) is 0 Å². The summed E-state index contributed by atoms with van der Waals surface area (Å²) in [6.07, 6.45) is 3.48. The van der Waals surface area contributed by atoms with Gasteiger partial charge in [0.05, 0.1) is 12.3 Å². The highest BCUT2D eigenvalue weighted by molar-refractivity contribution is 6.02. The predicted molar refractivity (Wildman–Crippen MR) is 95.4 cm³/mol. The summed E-state index contributed by atoms with van der Waals surface area (Å²) < 4.78 is 51.2. The van der Waals surface area contributed by atoms with E-state index >= 15 is 0 Å². The molecule has 1 N–H and O–H groups in total. The van der Waals surface area contributed by atoms with E-state index in [9.17, 15) is 18.0 Å². The summed E-state index contributed by atoms with van der Waals surface area (Å²) in [6, 6.07) is 5.33. The number of rotatable bonds is 5. The van der Waals surface area contributed by atoms with E-state index in [2.05, 4.69) is 5.32 Å². The third-order valence-corrected chi connectivity index (χ3v) is 4.04. The van der Waals surface area contributed by atoms with Crippen molar-refractivity contribution in [2.75, 3.05) is 11.9 Å². The van der Waals surface area contributed by atoms with Gasteiger partial charge in [0, 0.05) is 23.6 Å². The Morgan fingerprint density at radius 3 is 2.81 bits per heavy atom. The molecule has 1 amide bonds. The summed E-state index contributed by atoms with van der Waals surface area (Å²) in [4.78, 5) is 12.0. The Morgan fingerprint density at radius 2 is 2.07 bits per heavy atom. The summed E-state index contributed by atoms with van der Waals surface area (Å²) in [7, 11) is 0. The maximum absolute atomic E-state index is 13.6. The van der Waals surface area contributed by atoms with Gasteiger partial charge in [0.1, 0.15) is 17.6 Å². The minimum absolute atomic E-state index is 0.0633. The second-order valence-corrected chi connectivity index (χ2v) is 6.11. The van der Waals surface area contributed by atoms with Gasteiger partial charge in [-0.2, -0.15) is 0 Å². The van der Waals surface area contributed by atoms with Crippen molar-refractivity contribution in [3.63, 3.8) is 0 Å². The van der Waals surface area contributed by atoms with Crippen LogP contribution in [0.5, 0.6) is 11.5 Å². The number of benzene rings is 2. The molecule has 2 aromatic carbocycles. The maximum Gasteiger partial charge on any atom is 0.248 e. The summed E-state index contributed by atoms with van der Waals surface area (Å²) >= 11 is 0. The zero-order valence-electron chi connectivity index (χ0n) is 14.8. The lowest BCUT2D eigenvalue weighted by atomic mass is 10.1. The monoisotopic (exact) mass is 377 g/mol. The molecule has 1 heterocycles. The van der Waals surface area contributed by atoms with Crippen LogP contribution in [-0.2, 0) is 11.2 Å². The van der Waals surface area contributed by atoms with Gasteiger partial charge in [-0.15, -0.1) is 0 Å². The molecule has 1 unspecified atom stereocenters. The maximum atomic E-state index is 13.6. The number of hydrogen-bond acceptors (Lipinski definition) is 3. The third kappa shape index (κ3) is 4.07. The predicted octanol–water partition coefficient (Wildman–Crippen LogP) is 4.48. The summed E-state index contributed by atoms with van der Waals surface area (Å²) in [5, 5.41) is 2.18. The van der Waals surface area contributed by atoms with E-state index in [0.717, 1.165) is 35.9 Å². The lowest BCUT2D eigenvalue weighted by molar-refractivity contribution is -0.111. The second kappa shape index (κ2) is 7.73. The standard InChI is InChI=1S/C20H18F3NO3/c1-3-26-16-10-13-8-11(2)27-17(13)9-12(16)4-7-18(25)24-15-6-5-14(21)19(22)20(15)23/h4-7,9-11H,3,8H2,1-2H3,(H,24,25). The summed E-state index contributed by atoms with van der Waals surface area (Å²) in [5.41, 5.74) is 1.20. The number of amides is 1. The van der Waals surface area contributed by atoms with Crippen LogP contribution in [0.15, 0.2) is 30.3 Å². The van der Waals surface area contributed by atoms with Gasteiger partial charge in [0.2, 0.25) is 5.91 Å². The molecule has 0 fully saturated rings. The van der Waals surface area contributed by atoms with Crippen LogP contribution in [-0.4, -0.2) is 18.6 Å². The van der Waals surface area contributed by atoms with Crippen molar-refractivity contribution in [3.8, 4) is 11.5 Å². The highest BCUT2D eigenvalue weighted by Crippen LogP contribution is 2.35. The molecule has 4 nitrogen and oxygen atoms in total. The molecule has 7 heteroatoms. The van der Waals surface area contributed by atoms with Crippen LogP contribution in [0.1, 0.15) is 25.0 Å². The van der Waals surface area contributed by atoms with E-state index in [1.54, 1.807) is 6.07 Å². The van der Waals surface area contributed by atoms with E-state index in [-0.39, 0.29) is 6.10 Å². The lowest BCUT2D eigenvalue weighted by Gasteiger charge is -2.10. The van der Waals surface area contributed by atoms with E-state index in [1.165, 1.54) is 6.08 Å². The minimum atomic E-state index is -1.64. The lowest BCUT2D eigenvalue weighted by Crippen LogP contribution is -2.10. The van der Waals surface area contributed by atoms with Gasteiger partial charge >= 0.3 is 0 Å². The van der Waals surface area contributed by atoms with Crippen LogP contribution in [0.2, 0.25) is 0 Å². The SMILES string of the molecule is CCOc1cc2c(cc1C=CC(=O)Nc1ccc(F)c(F)c1F)OC(C)C2. The quantitative estimate of drug-likeness (QED) is 0.617. The van der Waals surface area contributed by atoms with Crippen LogP contribution in [0.4, 0.5) is 18.9 Å². The van der Waals surface area contributed by atoms with Crippen molar-refractivity contribution in [3.05, 3.63) is 58.9 Å². The average molecular weight is 377 g/mol. The molecule has 0 saturated carbocycles. The number of carbonyl (C=O) groups is 1. The fraction of sp³-hybridized carbons (Fsp3) is 0.250. The smallest absolute Gasteiger partial charge is 0.248 e. The molecule has 0 aliphatic carbocycles. The summed E-state index contributed by atoms with van der Waals surface area (Å²) in [6.45, 7) is 4.25. The molecule has 0 saturated heterocycles. The number of hydrogen-bond donors (Lipinski definition) is 1. The molecule has 0 radical (unpaired) electrons. The molecule has 2 aromatic rings. The fourth-order valence-electron chi connectivity index (χ4n) is 2.83.